The normalized spacial score (nSPS) is 17.2. The van der Waals surface area contributed by atoms with Crippen molar-refractivity contribution in [3.8, 4) is 0 Å². The number of amides is 1. The molecule has 0 atom stereocenters. The molecule has 2 aromatic rings. The number of rotatable bonds is 7. The Hall–Kier alpha value is -2.60. The Labute approximate surface area is 185 Å². The van der Waals surface area contributed by atoms with Gasteiger partial charge in [0.2, 0.25) is 5.91 Å². The van der Waals surface area contributed by atoms with Gasteiger partial charge in [-0.3, -0.25) is 4.79 Å². The van der Waals surface area contributed by atoms with Gasteiger partial charge in [-0.05, 0) is 81.7 Å². The second-order valence-corrected chi connectivity index (χ2v) is 9.02. The number of hydrogen-bond acceptors (Lipinski definition) is 5. The Balaban J connectivity index is 1.40. The summed E-state index contributed by atoms with van der Waals surface area (Å²) in [5, 5.41) is 12.4. The third-order valence-corrected chi connectivity index (χ3v) is 6.50. The summed E-state index contributed by atoms with van der Waals surface area (Å²) in [5.41, 5.74) is 4.36. The van der Waals surface area contributed by atoms with Gasteiger partial charge in [0.05, 0.1) is 5.69 Å². The number of pyridine rings is 1. The molecule has 4 rings (SSSR count). The van der Waals surface area contributed by atoms with E-state index in [1.54, 1.807) is 0 Å². The minimum Gasteiger partial charge on any atom is -0.396 e. The molecule has 1 saturated heterocycles. The van der Waals surface area contributed by atoms with Crippen molar-refractivity contribution >= 4 is 28.8 Å². The standard InChI is InChI=1S/C25H34N4O2/c1-18(2)29-23-16-24(26-17-20(23)5-10-25(29)31)27-21-6-8-22(9-7-21)28-13-11-19(12-14-28)4-3-15-30/h6-9,16-19,30H,3-5,10-15H2,1-2H3,(H,26,27). The molecule has 166 valence electrons. The molecule has 2 N–H and O–H groups in total. The van der Waals surface area contributed by atoms with Crippen LogP contribution in [0, 0.1) is 5.92 Å². The van der Waals surface area contributed by atoms with Gasteiger partial charge in [0.1, 0.15) is 5.82 Å². The van der Waals surface area contributed by atoms with Crippen LogP contribution in [0.5, 0.6) is 0 Å². The molecule has 31 heavy (non-hydrogen) atoms. The topological polar surface area (TPSA) is 68.7 Å². The number of nitrogens with one attached hydrogen (secondary N) is 1. The number of benzene rings is 1. The van der Waals surface area contributed by atoms with Crippen molar-refractivity contribution in [3.63, 3.8) is 0 Å². The summed E-state index contributed by atoms with van der Waals surface area (Å²) in [6.45, 7) is 6.56. The predicted octanol–water partition coefficient (Wildman–Crippen LogP) is 4.50. The fourth-order valence-electron chi connectivity index (χ4n) is 4.78. The molecular formula is C25H34N4O2. The number of aryl methyl sites for hydroxylation is 1. The summed E-state index contributed by atoms with van der Waals surface area (Å²) in [6, 6.07) is 10.7. The number of aliphatic hydroxyl groups is 1. The lowest BCUT2D eigenvalue weighted by Gasteiger charge is -2.33. The number of hydrogen-bond donors (Lipinski definition) is 2. The second-order valence-electron chi connectivity index (χ2n) is 9.02. The molecule has 1 aromatic carbocycles. The first kappa shape index (κ1) is 21.6. The maximum atomic E-state index is 12.4. The van der Waals surface area contributed by atoms with E-state index in [4.69, 9.17) is 5.11 Å². The van der Waals surface area contributed by atoms with E-state index in [0.717, 1.165) is 61.0 Å². The van der Waals surface area contributed by atoms with Crippen molar-refractivity contribution in [2.75, 3.05) is 34.8 Å². The van der Waals surface area contributed by atoms with Crippen LogP contribution in [-0.4, -0.2) is 41.7 Å². The van der Waals surface area contributed by atoms with Crippen LogP contribution in [0.4, 0.5) is 22.9 Å². The number of aliphatic hydroxyl groups excluding tert-OH is 1. The summed E-state index contributed by atoms with van der Waals surface area (Å²) >= 11 is 0. The largest absolute Gasteiger partial charge is 0.396 e. The quantitative estimate of drug-likeness (QED) is 0.687. The van der Waals surface area contributed by atoms with E-state index in [1.165, 1.54) is 18.5 Å². The van der Waals surface area contributed by atoms with Crippen molar-refractivity contribution in [1.29, 1.82) is 0 Å². The third-order valence-electron chi connectivity index (χ3n) is 6.50. The molecule has 6 nitrogen and oxygen atoms in total. The SMILES string of the molecule is CC(C)N1C(=O)CCc2cnc(Nc3ccc(N4CCC(CCCO)CC4)cc3)cc21. The van der Waals surface area contributed by atoms with Gasteiger partial charge in [-0.1, -0.05) is 0 Å². The van der Waals surface area contributed by atoms with Crippen LogP contribution in [0.15, 0.2) is 36.5 Å². The molecule has 0 radical (unpaired) electrons. The minimum absolute atomic E-state index is 0.133. The van der Waals surface area contributed by atoms with E-state index in [1.807, 2.05) is 17.2 Å². The molecule has 6 heteroatoms. The third kappa shape index (κ3) is 5.01. The van der Waals surface area contributed by atoms with Gasteiger partial charge in [0.15, 0.2) is 0 Å². The van der Waals surface area contributed by atoms with Crippen molar-refractivity contribution in [2.24, 2.45) is 5.92 Å². The highest BCUT2D eigenvalue weighted by atomic mass is 16.2. The van der Waals surface area contributed by atoms with Gasteiger partial charge in [0, 0.05) is 55.8 Å². The maximum absolute atomic E-state index is 12.4. The van der Waals surface area contributed by atoms with Crippen LogP contribution in [0.2, 0.25) is 0 Å². The Morgan fingerprint density at radius 1 is 1.16 bits per heavy atom. The lowest BCUT2D eigenvalue weighted by Crippen LogP contribution is -2.40. The number of aromatic nitrogens is 1. The molecule has 0 spiro atoms. The fourth-order valence-corrected chi connectivity index (χ4v) is 4.78. The molecule has 0 aliphatic carbocycles. The number of nitrogens with zero attached hydrogens (tertiary/aromatic N) is 3. The van der Waals surface area contributed by atoms with E-state index in [-0.39, 0.29) is 11.9 Å². The Kier molecular flexibility index (Phi) is 6.76. The molecule has 1 fully saturated rings. The predicted molar refractivity (Wildman–Crippen MR) is 126 cm³/mol. The van der Waals surface area contributed by atoms with Gasteiger partial charge < -0.3 is 20.2 Å². The Morgan fingerprint density at radius 2 is 1.90 bits per heavy atom. The molecule has 2 aliphatic heterocycles. The summed E-state index contributed by atoms with van der Waals surface area (Å²) in [6.07, 6.45) is 7.67. The van der Waals surface area contributed by atoms with E-state index in [0.29, 0.717) is 13.0 Å². The first-order valence-electron chi connectivity index (χ1n) is 11.6. The monoisotopic (exact) mass is 422 g/mol. The first-order chi connectivity index (χ1) is 15.0. The van der Waals surface area contributed by atoms with Crippen molar-refractivity contribution < 1.29 is 9.90 Å². The number of piperidine rings is 1. The van der Waals surface area contributed by atoms with E-state index in [2.05, 4.69) is 53.3 Å². The Morgan fingerprint density at radius 3 is 2.58 bits per heavy atom. The number of fused-ring (bicyclic) bond motifs is 1. The van der Waals surface area contributed by atoms with Gasteiger partial charge in [-0.25, -0.2) is 4.98 Å². The molecule has 1 amide bonds. The lowest BCUT2D eigenvalue weighted by molar-refractivity contribution is -0.119. The smallest absolute Gasteiger partial charge is 0.227 e. The van der Waals surface area contributed by atoms with Crippen LogP contribution in [0.25, 0.3) is 0 Å². The lowest BCUT2D eigenvalue weighted by atomic mass is 9.92. The van der Waals surface area contributed by atoms with Gasteiger partial charge in [-0.15, -0.1) is 0 Å². The van der Waals surface area contributed by atoms with E-state index >= 15 is 0 Å². The van der Waals surface area contributed by atoms with Gasteiger partial charge in [0.25, 0.3) is 0 Å². The van der Waals surface area contributed by atoms with Crippen molar-refractivity contribution in [2.45, 2.75) is 58.4 Å². The average molecular weight is 423 g/mol. The maximum Gasteiger partial charge on any atom is 0.227 e. The highest BCUT2D eigenvalue weighted by molar-refractivity contribution is 5.97. The number of carbonyl (C=O) groups is 1. The van der Waals surface area contributed by atoms with Crippen LogP contribution in [0.3, 0.4) is 0 Å². The van der Waals surface area contributed by atoms with Crippen molar-refractivity contribution in [3.05, 3.63) is 42.1 Å². The summed E-state index contributed by atoms with van der Waals surface area (Å²) < 4.78 is 0. The summed E-state index contributed by atoms with van der Waals surface area (Å²) in [4.78, 5) is 21.3. The number of anilines is 4. The summed E-state index contributed by atoms with van der Waals surface area (Å²) in [7, 11) is 0. The molecular weight excluding hydrogens is 388 g/mol. The average Bonchev–Trinajstić information content (AvgIpc) is 2.78. The molecule has 2 aliphatic rings. The van der Waals surface area contributed by atoms with Crippen LogP contribution in [0.1, 0.15) is 51.5 Å². The van der Waals surface area contributed by atoms with Crippen molar-refractivity contribution in [1.82, 2.24) is 4.98 Å². The molecule has 0 bridgehead atoms. The zero-order valence-electron chi connectivity index (χ0n) is 18.7. The molecule has 0 saturated carbocycles. The zero-order valence-corrected chi connectivity index (χ0v) is 18.7. The van der Waals surface area contributed by atoms with Crippen LogP contribution < -0.4 is 15.1 Å². The minimum atomic E-state index is 0.133. The zero-order chi connectivity index (χ0) is 21.8. The van der Waals surface area contributed by atoms with Crippen LogP contribution in [-0.2, 0) is 11.2 Å². The summed E-state index contributed by atoms with van der Waals surface area (Å²) in [5.74, 6) is 1.69. The Bertz CT molecular complexity index is 889. The fraction of sp³-hybridized carbons (Fsp3) is 0.520. The van der Waals surface area contributed by atoms with Gasteiger partial charge in [-0.2, -0.15) is 0 Å². The highest BCUT2D eigenvalue weighted by Crippen LogP contribution is 2.32. The molecule has 0 unspecified atom stereocenters. The van der Waals surface area contributed by atoms with Crippen LogP contribution >= 0.6 is 0 Å². The first-order valence-corrected chi connectivity index (χ1v) is 11.6. The molecule has 3 heterocycles. The second kappa shape index (κ2) is 9.69. The van der Waals surface area contributed by atoms with E-state index in [9.17, 15) is 4.79 Å². The highest BCUT2D eigenvalue weighted by Gasteiger charge is 2.27. The molecule has 1 aromatic heterocycles. The van der Waals surface area contributed by atoms with Gasteiger partial charge >= 0.3 is 0 Å². The van der Waals surface area contributed by atoms with E-state index < -0.39 is 0 Å². The number of carbonyl (C=O) groups excluding carboxylic acids is 1.